The molecular weight excluding hydrogens is 264 g/mol. The summed E-state index contributed by atoms with van der Waals surface area (Å²) in [6.07, 6.45) is 9.25. The lowest BCUT2D eigenvalue weighted by Crippen LogP contribution is -2.16. The number of benzene rings is 1. The normalized spacial score (nSPS) is 10.8. The lowest BCUT2D eigenvalue weighted by molar-refractivity contribution is -0.121. The number of carbonyl (C=O) groups excluding carboxylic acids is 1. The van der Waals surface area contributed by atoms with Crippen molar-refractivity contribution in [1.82, 2.24) is 5.43 Å². The zero-order chi connectivity index (χ0) is 15.3. The number of carbonyl (C=O) groups is 1. The minimum absolute atomic E-state index is 0.0235. The van der Waals surface area contributed by atoms with Crippen molar-refractivity contribution >= 4 is 12.1 Å². The second-order valence-corrected chi connectivity index (χ2v) is 5.09. The Balaban J connectivity index is 2.18. The van der Waals surface area contributed by atoms with Crippen molar-refractivity contribution in [2.75, 3.05) is 7.11 Å². The van der Waals surface area contributed by atoms with Gasteiger partial charge >= 0.3 is 0 Å². The smallest absolute Gasteiger partial charge is 0.240 e. The van der Waals surface area contributed by atoms with Crippen molar-refractivity contribution in [2.45, 2.75) is 51.9 Å². The van der Waals surface area contributed by atoms with E-state index in [9.17, 15) is 4.79 Å². The Morgan fingerprint density at radius 3 is 2.76 bits per heavy atom. The Hall–Kier alpha value is -1.84. The number of hydrogen-bond donors (Lipinski definition) is 1. The average molecular weight is 290 g/mol. The molecule has 0 radical (unpaired) electrons. The summed E-state index contributed by atoms with van der Waals surface area (Å²) in [5, 5.41) is 3.97. The first-order chi connectivity index (χ1) is 10.3. The molecule has 1 N–H and O–H groups in total. The molecule has 1 aromatic rings. The molecule has 1 aromatic carbocycles. The van der Waals surface area contributed by atoms with Gasteiger partial charge in [0.25, 0.3) is 0 Å². The molecule has 0 bridgehead atoms. The predicted molar refractivity (Wildman–Crippen MR) is 86.7 cm³/mol. The number of amides is 1. The van der Waals surface area contributed by atoms with Crippen LogP contribution in [0.2, 0.25) is 0 Å². The molecule has 21 heavy (non-hydrogen) atoms. The molecule has 0 spiro atoms. The maximum Gasteiger partial charge on any atom is 0.240 e. The molecule has 0 aliphatic rings. The van der Waals surface area contributed by atoms with Crippen molar-refractivity contribution < 1.29 is 9.53 Å². The summed E-state index contributed by atoms with van der Waals surface area (Å²) >= 11 is 0. The van der Waals surface area contributed by atoms with Gasteiger partial charge in [-0.1, -0.05) is 51.2 Å². The van der Waals surface area contributed by atoms with Crippen LogP contribution in [0.3, 0.4) is 0 Å². The van der Waals surface area contributed by atoms with Gasteiger partial charge in [0.15, 0.2) is 0 Å². The van der Waals surface area contributed by atoms with Crippen molar-refractivity contribution in [2.24, 2.45) is 5.10 Å². The Morgan fingerprint density at radius 2 is 2.00 bits per heavy atom. The summed E-state index contributed by atoms with van der Waals surface area (Å²) in [7, 11) is 1.62. The molecule has 4 nitrogen and oxygen atoms in total. The Bertz CT molecular complexity index is 444. The number of methoxy groups -OCH3 is 1. The summed E-state index contributed by atoms with van der Waals surface area (Å²) in [6, 6.07) is 7.53. The lowest BCUT2D eigenvalue weighted by atomic mass is 10.1. The number of hydrazone groups is 1. The van der Waals surface area contributed by atoms with E-state index in [0.717, 1.165) is 24.2 Å². The third-order valence-electron chi connectivity index (χ3n) is 3.25. The summed E-state index contributed by atoms with van der Waals surface area (Å²) in [5.41, 5.74) is 3.46. The number of nitrogens with zero attached hydrogens (tertiary/aromatic N) is 1. The van der Waals surface area contributed by atoms with Crippen LogP contribution in [-0.2, 0) is 4.79 Å². The standard InChI is InChI=1S/C17H26N2O2/c1-3-4-5-6-7-8-12-17(20)19-18-14-15-10-9-11-16(13-15)21-2/h9-11,13-14H,3-8,12H2,1-2H3,(H,19,20)/b18-14+. The van der Waals surface area contributed by atoms with E-state index in [1.165, 1.54) is 25.7 Å². The van der Waals surface area contributed by atoms with Crippen LogP contribution in [0, 0.1) is 0 Å². The number of hydrogen-bond acceptors (Lipinski definition) is 3. The van der Waals surface area contributed by atoms with Gasteiger partial charge < -0.3 is 4.74 Å². The summed E-state index contributed by atoms with van der Waals surface area (Å²) in [4.78, 5) is 11.6. The van der Waals surface area contributed by atoms with Crippen LogP contribution >= 0.6 is 0 Å². The average Bonchev–Trinajstić information content (AvgIpc) is 2.51. The summed E-state index contributed by atoms with van der Waals surface area (Å²) < 4.78 is 5.13. The van der Waals surface area contributed by atoms with Crippen LogP contribution in [0.25, 0.3) is 0 Å². The molecule has 4 heteroatoms. The molecule has 116 valence electrons. The third-order valence-corrected chi connectivity index (χ3v) is 3.25. The van der Waals surface area contributed by atoms with Crippen LogP contribution in [0.15, 0.2) is 29.4 Å². The van der Waals surface area contributed by atoms with E-state index in [4.69, 9.17) is 4.74 Å². The van der Waals surface area contributed by atoms with E-state index in [2.05, 4.69) is 17.5 Å². The predicted octanol–water partition coefficient (Wildman–Crippen LogP) is 3.90. The Labute approximate surface area is 127 Å². The molecule has 0 saturated heterocycles. The lowest BCUT2D eigenvalue weighted by Gasteiger charge is -2.01. The first-order valence-corrected chi connectivity index (χ1v) is 7.72. The fourth-order valence-corrected chi connectivity index (χ4v) is 2.02. The molecule has 1 amide bonds. The highest BCUT2D eigenvalue weighted by atomic mass is 16.5. The Morgan fingerprint density at radius 1 is 1.24 bits per heavy atom. The van der Waals surface area contributed by atoms with E-state index in [-0.39, 0.29) is 5.91 Å². The van der Waals surface area contributed by atoms with Gasteiger partial charge in [0.2, 0.25) is 5.91 Å². The molecule has 0 heterocycles. The number of unbranched alkanes of at least 4 members (excludes halogenated alkanes) is 5. The van der Waals surface area contributed by atoms with Gasteiger partial charge in [-0.25, -0.2) is 5.43 Å². The van der Waals surface area contributed by atoms with Gasteiger partial charge in [-0.05, 0) is 24.1 Å². The summed E-state index contributed by atoms with van der Waals surface area (Å²) in [6.45, 7) is 2.20. The van der Waals surface area contributed by atoms with Crippen molar-refractivity contribution in [3.8, 4) is 5.75 Å². The molecule has 0 aliphatic carbocycles. The van der Waals surface area contributed by atoms with Gasteiger partial charge in [0.1, 0.15) is 5.75 Å². The SMILES string of the molecule is CCCCCCCCC(=O)N/N=C/c1cccc(OC)c1. The molecule has 0 aromatic heterocycles. The molecule has 0 fully saturated rings. The number of rotatable bonds is 10. The first-order valence-electron chi connectivity index (χ1n) is 7.72. The number of ether oxygens (including phenoxy) is 1. The molecule has 0 unspecified atom stereocenters. The minimum atomic E-state index is -0.0235. The highest BCUT2D eigenvalue weighted by Crippen LogP contribution is 2.10. The van der Waals surface area contributed by atoms with Crippen molar-refractivity contribution in [3.05, 3.63) is 29.8 Å². The van der Waals surface area contributed by atoms with E-state index in [1.807, 2.05) is 24.3 Å². The van der Waals surface area contributed by atoms with Crippen LogP contribution < -0.4 is 10.2 Å². The second kappa shape index (κ2) is 10.9. The maximum atomic E-state index is 11.6. The molecule has 0 atom stereocenters. The van der Waals surface area contributed by atoms with E-state index < -0.39 is 0 Å². The van der Waals surface area contributed by atoms with Crippen LogP contribution in [0.1, 0.15) is 57.4 Å². The van der Waals surface area contributed by atoms with Crippen LogP contribution in [0.5, 0.6) is 5.75 Å². The van der Waals surface area contributed by atoms with Gasteiger partial charge in [-0.2, -0.15) is 5.10 Å². The third kappa shape index (κ3) is 8.12. The van der Waals surface area contributed by atoms with E-state index in [0.29, 0.717) is 6.42 Å². The quantitative estimate of drug-likeness (QED) is 0.404. The fraction of sp³-hybridized carbons (Fsp3) is 0.529. The number of nitrogens with one attached hydrogen (secondary N) is 1. The molecular formula is C17H26N2O2. The second-order valence-electron chi connectivity index (χ2n) is 5.09. The van der Waals surface area contributed by atoms with Crippen LogP contribution in [0.4, 0.5) is 0 Å². The highest BCUT2D eigenvalue weighted by molar-refractivity contribution is 5.82. The van der Waals surface area contributed by atoms with Crippen molar-refractivity contribution in [1.29, 1.82) is 0 Å². The van der Waals surface area contributed by atoms with Gasteiger partial charge in [0.05, 0.1) is 13.3 Å². The van der Waals surface area contributed by atoms with Crippen LogP contribution in [-0.4, -0.2) is 19.2 Å². The zero-order valence-corrected chi connectivity index (χ0v) is 13.1. The summed E-state index contributed by atoms with van der Waals surface area (Å²) in [5.74, 6) is 0.752. The minimum Gasteiger partial charge on any atom is -0.497 e. The molecule has 0 aliphatic heterocycles. The zero-order valence-electron chi connectivity index (χ0n) is 13.1. The van der Waals surface area contributed by atoms with Crippen molar-refractivity contribution in [3.63, 3.8) is 0 Å². The fourth-order valence-electron chi connectivity index (χ4n) is 2.02. The largest absolute Gasteiger partial charge is 0.497 e. The molecule has 1 rings (SSSR count). The highest BCUT2D eigenvalue weighted by Gasteiger charge is 1.99. The van der Waals surface area contributed by atoms with Gasteiger partial charge in [0, 0.05) is 6.42 Å². The van der Waals surface area contributed by atoms with E-state index >= 15 is 0 Å². The molecule has 0 saturated carbocycles. The van der Waals surface area contributed by atoms with Gasteiger partial charge in [-0.15, -0.1) is 0 Å². The first kappa shape index (κ1) is 17.2. The monoisotopic (exact) mass is 290 g/mol. The topological polar surface area (TPSA) is 50.7 Å². The van der Waals surface area contributed by atoms with Gasteiger partial charge in [-0.3, -0.25) is 4.79 Å². The Kier molecular flexibility index (Phi) is 8.93. The maximum absolute atomic E-state index is 11.6. The van der Waals surface area contributed by atoms with E-state index in [1.54, 1.807) is 13.3 Å².